The third kappa shape index (κ3) is 9.46. The number of hydrogen-bond acceptors (Lipinski definition) is 5. The molecule has 11 heteroatoms. The van der Waals surface area contributed by atoms with Crippen LogP contribution in [0.25, 0.3) is 0 Å². The molecule has 1 aliphatic heterocycles. The van der Waals surface area contributed by atoms with Crippen molar-refractivity contribution in [1.82, 2.24) is 0 Å². The average Bonchev–Trinajstić information content (AvgIpc) is 2.46. The molecule has 0 aromatic heterocycles. The molecule has 1 heterocycles. The highest BCUT2D eigenvalue weighted by Gasteiger charge is 2.53. The second-order valence-corrected chi connectivity index (χ2v) is 30.0. The molecule has 1 saturated heterocycles. The van der Waals surface area contributed by atoms with Crippen molar-refractivity contribution in [3.05, 3.63) is 12.7 Å². The average molecular weight is 483 g/mol. The molecule has 160 valence electrons. The van der Waals surface area contributed by atoms with E-state index < -0.39 is 42.6 Å². The molecule has 0 aromatic rings. The van der Waals surface area contributed by atoms with Crippen LogP contribution in [0.1, 0.15) is 6.92 Å². The topological polar surface area (TPSA) is 46.2 Å². The van der Waals surface area contributed by atoms with Gasteiger partial charge in [0.25, 0.3) is 0 Å². The highest BCUT2D eigenvalue weighted by molar-refractivity contribution is 6.93. The first-order valence-electron chi connectivity index (χ1n) is 10.2. The van der Waals surface area contributed by atoms with Crippen molar-refractivity contribution < 1.29 is 20.9 Å². The van der Waals surface area contributed by atoms with Gasteiger partial charge in [0.2, 0.25) is 0 Å². The number of allylic oxidation sites excluding steroid dienone is 1. The maximum Gasteiger partial charge on any atom is 0.317 e. The Balaban J connectivity index is 2.84. The summed E-state index contributed by atoms with van der Waals surface area (Å²) in [6.07, 6.45) is 2.97. The van der Waals surface area contributed by atoms with Crippen molar-refractivity contribution in [3.8, 4) is 0 Å². The van der Waals surface area contributed by atoms with E-state index in [9.17, 15) is 0 Å². The zero-order valence-corrected chi connectivity index (χ0v) is 25.5. The van der Waals surface area contributed by atoms with Gasteiger partial charge in [0.05, 0.1) is 9.52 Å². The summed E-state index contributed by atoms with van der Waals surface area (Å²) in [5, 5.41) is 0. The molecule has 0 amide bonds. The van der Waals surface area contributed by atoms with Gasteiger partial charge in [0.15, 0.2) is 8.32 Å². The Labute approximate surface area is 175 Å². The van der Waals surface area contributed by atoms with Crippen LogP contribution in [0.5, 0.6) is 0 Å². The molecular formula is C16H42O5Si6. The molecule has 0 saturated carbocycles. The van der Waals surface area contributed by atoms with Crippen LogP contribution in [0.4, 0.5) is 0 Å². The Hall–Kier alpha value is 0.841. The Bertz CT molecular complexity index is 480. The highest BCUT2D eigenvalue weighted by atomic mass is 28.5. The van der Waals surface area contributed by atoms with Crippen LogP contribution in [0.15, 0.2) is 12.7 Å². The summed E-state index contributed by atoms with van der Waals surface area (Å²) in [5.41, 5.74) is 0. The van der Waals surface area contributed by atoms with Crippen LogP contribution in [-0.4, -0.2) is 58.3 Å². The minimum absolute atomic E-state index is 0.163. The molecule has 1 aliphatic rings. The molecule has 5 nitrogen and oxygen atoms in total. The largest absolute Gasteiger partial charge is 0.421 e. The van der Waals surface area contributed by atoms with Gasteiger partial charge in [-0.25, -0.2) is 0 Å². The van der Waals surface area contributed by atoms with Crippen LogP contribution in [0, 0.1) is 0 Å². The van der Waals surface area contributed by atoms with Gasteiger partial charge < -0.3 is 20.9 Å². The normalized spacial score (nSPS) is 31.6. The highest BCUT2D eigenvalue weighted by Crippen LogP contribution is 2.35. The SMILES string of the molecule is C=CC[SiH2]CO[Si](C)(C)CC[Si]1(C)O[Si](C)(C)O[Si](C)(CC)O[Si](C)(C)O1. The predicted molar refractivity (Wildman–Crippen MR) is 130 cm³/mol. The van der Waals surface area contributed by atoms with E-state index in [0.717, 1.165) is 30.4 Å². The molecule has 0 unspecified atom stereocenters. The molecular weight excluding hydrogens is 441 g/mol. The summed E-state index contributed by atoms with van der Waals surface area (Å²) < 4.78 is 32.9. The minimum Gasteiger partial charge on any atom is -0.421 e. The molecule has 27 heavy (non-hydrogen) atoms. The molecule has 1 rings (SSSR count). The van der Waals surface area contributed by atoms with Crippen LogP contribution >= 0.6 is 0 Å². The summed E-state index contributed by atoms with van der Waals surface area (Å²) in [7, 11) is -11.1. The van der Waals surface area contributed by atoms with E-state index in [4.69, 9.17) is 20.9 Å². The van der Waals surface area contributed by atoms with Gasteiger partial charge in [-0.15, -0.1) is 6.58 Å². The van der Waals surface area contributed by atoms with Crippen molar-refractivity contribution in [3.63, 3.8) is 0 Å². The number of rotatable bonds is 9. The predicted octanol–water partition coefficient (Wildman–Crippen LogP) is 4.59. The Morgan fingerprint density at radius 3 is 1.85 bits per heavy atom. The van der Waals surface area contributed by atoms with Gasteiger partial charge in [-0.1, -0.05) is 13.0 Å². The van der Waals surface area contributed by atoms with Crippen molar-refractivity contribution >= 4 is 52.1 Å². The third-order valence-electron chi connectivity index (χ3n) is 4.72. The zero-order chi connectivity index (χ0) is 21.0. The van der Waals surface area contributed by atoms with Gasteiger partial charge in [-0.05, 0) is 76.6 Å². The lowest BCUT2D eigenvalue weighted by Gasteiger charge is -2.48. The van der Waals surface area contributed by atoms with Crippen molar-refractivity contribution in [1.29, 1.82) is 0 Å². The summed E-state index contributed by atoms with van der Waals surface area (Å²) in [6.45, 7) is 23.5. The first-order valence-corrected chi connectivity index (χ1v) is 26.0. The lowest BCUT2D eigenvalue weighted by atomic mass is 10.8. The summed E-state index contributed by atoms with van der Waals surface area (Å²) >= 11 is 0. The Morgan fingerprint density at radius 2 is 1.41 bits per heavy atom. The second-order valence-electron chi connectivity index (χ2n) is 9.37. The monoisotopic (exact) mass is 482 g/mol. The van der Waals surface area contributed by atoms with E-state index in [1.54, 1.807) is 0 Å². The van der Waals surface area contributed by atoms with Crippen molar-refractivity contribution in [2.45, 2.75) is 83.5 Å². The fourth-order valence-corrected chi connectivity index (χ4v) is 32.0. The van der Waals surface area contributed by atoms with Crippen LogP contribution in [0.3, 0.4) is 0 Å². The fourth-order valence-electron chi connectivity index (χ4n) is 3.59. The maximum absolute atomic E-state index is 6.72. The molecule has 0 aliphatic carbocycles. The van der Waals surface area contributed by atoms with E-state index >= 15 is 0 Å². The van der Waals surface area contributed by atoms with E-state index in [1.807, 2.05) is 6.08 Å². The van der Waals surface area contributed by atoms with Crippen LogP contribution in [0.2, 0.25) is 76.6 Å². The van der Waals surface area contributed by atoms with E-state index in [0.29, 0.717) is 0 Å². The van der Waals surface area contributed by atoms with Gasteiger partial charge >= 0.3 is 34.2 Å². The third-order valence-corrected chi connectivity index (χ3v) is 26.6. The van der Waals surface area contributed by atoms with Gasteiger partial charge in [-0.3, -0.25) is 0 Å². The van der Waals surface area contributed by atoms with E-state index in [1.165, 1.54) is 0 Å². The lowest BCUT2D eigenvalue weighted by Crippen LogP contribution is -2.65. The standard InChI is InChI=1S/C16H42O5Si6/c1-11-13-22-16-17-23(3,4)14-15-27(10)20-24(5,6)18-26(9,12-2)19-25(7,8)21-27/h11H,1,12-16,22H2,2-10H3. The number of hydrogen-bond donors (Lipinski definition) is 0. The summed E-state index contributed by atoms with van der Waals surface area (Å²) in [6, 6.07) is 4.10. The minimum atomic E-state index is -2.38. The first kappa shape index (κ1) is 25.9. The molecule has 0 N–H and O–H groups in total. The quantitative estimate of drug-likeness (QED) is 0.273. The van der Waals surface area contributed by atoms with Gasteiger partial charge in [-0.2, -0.15) is 0 Å². The zero-order valence-electron chi connectivity index (χ0n) is 19.1. The van der Waals surface area contributed by atoms with Gasteiger partial charge in [0.1, 0.15) is 0 Å². The van der Waals surface area contributed by atoms with E-state index in [2.05, 4.69) is 65.9 Å². The summed E-state index contributed by atoms with van der Waals surface area (Å²) in [5.74, 6) is 0. The molecule has 0 aromatic carbocycles. The van der Waals surface area contributed by atoms with Crippen molar-refractivity contribution in [2.75, 3.05) is 6.23 Å². The molecule has 0 radical (unpaired) electrons. The lowest BCUT2D eigenvalue weighted by molar-refractivity contribution is 0.231. The van der Waals surface area contributed by atoms with Gasteiger partial charge in [0, 0.05) is 6.23 Å². The van der Waals surface area contributed by atoms with E-state index in [-0.39, 0.29) is 9.52 Å². The molecule has 0 bridgehead atoms. The van der Waals surface area contributed by atoms with Crippen LogP contribution < -0.4 is 0 Å². The molecule has 0 atom stereocenters. The second kappa shape index (κ2) is 9.77. The first-order chi connectivity index (χ1) is 12.2. The fraction of sp³-hybridized carbons (Fsp3) is 0.875. The van der Waals surface area contributed by atoms with Crippen molar-refractivity contribution in [2.24, 2.45) is 0 Å². The molecule has 1 fully saturated rings. The summed E-state index contributed by atoms with van der Waals surface area (Å²) in [4.78, 5) is 0. The smallest absolute Gasteiger partial charge is 0.317 e. The Morgan fingerprint density at radius 1 is 0.926 bits per heavy atom. The Kier molecular flexibility index (Phi) is 9.36. The van der Waals surface area contributed by atoms with Crippen LogP contribution in [-0.2, 0) is 20.9 Å². The maximum atomic E-state index is 6.72. The molecule has 0 spiro atoms.